The van der Waals surface area contributed by atoms with Gasteiger partial charge < -0.3 is 5.11 Å². The van der Waals surface area contributed by atoms with E-state index in [0.29, 0.717) is 6.42 Å². The third-order valence-electron chi connectivity index (χ3n) is 3.09. The summed E-state index contributed by atoms with van der Waals surface area (Å²) in [6.45, 7) is 5.67. The second kappa shape index (κ2) is 4.99. The first-order chi connectivity index (χ1) is 7.44. The van der Waals surface area contributed by atoms with E-state index in [1.807, 2.05) is 32.0 Å². The minimum absolute atomic E-state index is 0.625. The molecule has 1 aromatic rings. The van der Waals surface area contributed by atoms with Crippen LogP contribution in [-0.2, 0) is 0 Å². The predicted octanol–water partition coefficient (Wildman–Crippen LogP) is 3.73. The summed E-state index contributed by atoms with van der Waals surface area (Å²) < 4.78 is 1.01. The Bertz CT molecular complexity index is 424. The van der Waals surface area contributed by atoms with Crippen molar-refractivity contribution in [3.05, 3.63) is 33.8 Å². The molecule has 0 aliphatic rings. The molecular weight excluding hydrogens is 266 g/mol. The lowest BCUT2D eigenvalue weighted by Gasteiger charge is -2.26. The lowest BCUT2D eigenvalue weighted by molar-refractivity contribution is 0.0721. The van der Waals surface area contributed by atoms with Gasteiger partial charge in [0.2, 0.25) is 0 Å². The van der Waals surface area contributed by atoms with Gasteiger partial charge in [-0.25, -0.2) is 0 Å². The maximum absolute atomic E-state index is 10.2. The van der Waals surface area contributed by atoms with Crippen LogP contribution in [0.15, 0.2) is 22.7 Å². The molecule has 0 heterocycles. The van der Waals surface area contributed by atoms with Crippen LogP contribution >= 0.6 is 15.9 Å². The molecule has 0 saturated heterocycles. The summed E-state index contributed by atoms with van der Waals surface area (Å²) in [6, 6.07) is 7.87. The number of nitrogens with zero attached hydrogens (tertiary/aromatic N) is 1. The Hall–Kier alpha value is -0.850. The molecule has 3 heteroatoms. The van der Waals surface area contributed by atoms with Crippen LogP contribution in [0.1, 0.15) is 37.5 Å². The number of halogens is 1. The molecular formula is C13H16BrNO. The molecule has 0 radical (unpaired) electrons. The first-order valence-corrected chi connectivity index (χ1v) is 6.09. The summed E-state index contributed by atoms with van der Waals surface area (Å²) in [5.74, 6) is 0. The van der Waals surface area contributed by atoms with Crippen molar-refractivity contribution in [2.24, 2.45) is 5.41 Å². The molecule has 2 atom stereocenters. The monoisotopic (exact) mass is 281 g/mol. The van der Waals surface area contributed by atoms with Crippen LogP contribution in [0.3, 0.4) is 0 Å². The smallest absolute Gasteiger partial charge is 0.0973 e. The van der Waals surface area contributed by atoms with Crippen LogP contribution in [0.4, 0.5) is 0 Å². The number of benzene rings is 1. The van der Waals surface area contributed by atoms with Crippen LogP contribution in [0, 0.1) is 23.7 Å². The van der Waals surface area contributed by atoms with Crippen molar-refractivity contribution in [2.45, 2.75) is 33.3 Å². The van der Waals surface area contributed by atoms with E-state index in [2.05, 4.69) is 22.0 Å². The van der Waals surface area contributed by atoms with Crippen LogP contribution in [0.5, 0.6) is 0 Å². The average Bonchev–Trinajstić information content (AvgIpc) is 2.30. The zero-order valence-electron chi connectivity index (χ0n) is 9.79. The maximum atomic E-state index is 10.2. The Morgan fingerprint density at radius 1 is 1.56 bits per heavy atom. The first kappa shape index (κ1) is 13.2. The van der Waals surface area contributed by atoms with Crippen molar-refractivity contribution in [1.82, 2.24) is 0 Å². The van der Waals surface area contributed by atoms with Crippen molar-refractivity contribution in [3.63, 3.8) is 0 Å². The number of hydrogen-bond acceptors (Lipinski definition) is 2. The zero-order chi connectivity index (χ0) is 12.3. The summed E-state index contributed by atoms with van der Waals surface area (Å²) in [7, 11) is 0. The topological polar surface area (TPSA) is 44.0 Å². The lowest BCUT2D eigenvalue weighted by atomic mass is 9.79. The highest BCUT2D eigenvalue weighted by atomic mass is 79.9. The maximum Gasteiger partial charge on any atom is 0.0973 e. The number of hydrogen-bond donors (Lipinski definition) is 1. The Labute approximate surface area is 105 Å². The Balaban J connectivity index is 3.10. The molecule has 0 aliphatic heterocycles. The highest BCUT2D eigenvalue weighted by molar-refractivity contribution is 9.10. The second-order valence-electron chi connectivity index (χ2n) is 4.29. The van der Waals surface area contributed by atoms with Crippen molar-refractivity contribution in [2.75, 3.05) is 0 Å². The van der Waals surface area contributed by atoms with E-state index in [9.17, 15) is 5.11 Å². The molecule has 16 heavy (non-hydrogen) atoms. The number of nitriles is 1. The molecule has 0 aromatic heterocycles. The normalized spacial score (nSPS) is 16.2. The van der Waals surface area contributed by atoms with Gasteiger partial charge >= 0.3 is 0 Å². The summed E-state index contributed by atoms with van der Waals surface area (Å²) in [5.41, 5.74) is 1.14. The Morgan fingerprint density at radius 2 is 2.19 bits per heavy atom. The van der Waals surface area contributed by atoms with Crippen LogP contribution < -0.4 is 0 Å². The first-order valence-electron chi connectivity index (χ1n) is 5.30. The van der Waals surface area contributed by atoms with Crippen molar-refractivity contribution >= 4 is 15.9 Å². The van der Waals surface area contributed by atoms with Crippen LogP contribution in [0.2, 0.25) is 0 Å². The number of aryl methyl sites for hydroxylation is 1. The molecule has 2 nitrogen and oxygen atoms in total. The van der Waals surface area contributed by atoms with Gasteiger partial charge in [0.1, 0.15) is 0 Å². The Kier molecular flexibility index (Phi) is 4.12. The van der Waals surface area contributed by atoms with Gasteiger partial charge in [0.25, 0.3) is 0 Å². The van der Waals surface area contributed by atoms with Gasteiger partial charge in [-0.2, -0.15) is 5.26 Å². The quantitative estimate of drug-likeness (QED) is 0.918. The third-order valence-corrected chi connectivity index (χ3v) is 3.98. The summed E-state index contributed by atoms with van der Waals surface area (Å²) in [4.78, 5) is 0. The van der Waals surface area contributed by atoms with Gasteiger partial charge in [-0.3, -0.25) is 0 Å². The van der Waals surface area contributed by atoms with Gasteiger partial charge in [0, 0.05) is 4.47 Å². The number of aliphatic hydroxyl groups is 1. The highest BCUT2D eigenvalue weighted by Gasteiger charge is 2.32. The van der Waals surface area contributed by atoms with E-state index < -0.39 is 11.5 Å². The fourth-order valence-electron chi connectivity index (χ4n) is 1.54. The van der Waals surface area contributed by atoms with E-state index in [4.69, 9.17) is 5.26 Å². The van der Waals surface area contributed by atoms with Crippen LogP contribution in [0.25, 0.3) is 0 Å². The molecule has 1 rings (SSSR count). The minimum atomic E-state index is -0.741. The number of aliphatic hydroxyl groups excluding tert-OH is 1. The SMILES string of the molecule is CCC(C)(C#N)C(O)c1ccc(Br)c(C)c1. The van der Waals surface area contributed by atoms with Gasteiger partial charge in [0.15, 0.2) is 0 Å². The fourth-order valence-corrected chi connectivity index (χ4v) is 1.79. The largest absolute Gasteiger partial charge is 0.387 e. The standard InChI is InChI=1S/C13H16BrNO/c1-4-13(3,8-15)12(16)10-5-6-11(14)9(2)7-10/h5-7,12,16H,4H2,1-3H3. The Morgan fingerprint density at radius 3 is 2.62 bits per heavy atom. The molecule has 0 aliphatic carbocycles. The van der Waals surface area contributed by atoms with E-state index in [1.165, 1.54) is 0 Å². The summed E-state index contributed by atoms with van der Waals surface area (Å²) in [6.07, 6.45) is -0.117. The second-order valence-corrected chi connectivity index (χ2v) is 5.15. The predicted molar refractivity (Wildman–Crippen MR) is 67.8 cm³/mol. The summed E-state index contributed by atoms with van der Waals surface area (Å²) in [5, 5.41) is 19.3. The summed E-state index contributed by atoms with van der Waals surface area (Å²) >= 11 is 3.42. The molecule has 0 spiro atoms. The molecule has 0 fully saturated rings. The molecule has 1 aromatic carbocycles. The van der Waals surface area contributed by atoms with Gasteiger partial charge in [0.05, 0.1) is 17.6 Å². The molecule has 2 unspecified atom stereocenters. The van der Waals surface area contributed by atoms with Crippen molar-refractivity contribution < 1.29 is 5.11 Å². The van der Waals surface area contributed by atoms with Gasteiger partial charge in [-0.1, -0.05) is 35.0 Å². The van der Waals surface area contributed by atoms with E-state index in [1.54, 1.807) is 6.92 Å². The van der Waals surface area contributed by atoms with E-state index in [-0.39, 0.29) is 0 Å². The average molecular weight is 282 g/mol. The number of rotatable bonds is 3. The zero-order valence-corrected chi connectivity index (χ0v) is 11.4. The van der Waals surface area contributed by atoms with Crippen molar-refractivity contribution in [3.8, 4) is 6.07 Å². The van der Waals surface area contributed by atoms with E-state index in [0.717, 1.165) is 15.6 Å². The molecule has 1 N–H and O–H groups in total. The van der Waals surface area contributed by atoms with Gasteiger partial charge in [-0.15, -0.1) is 0 Å². The van der Waals surface area contributed by atoms with E-state index >= 15 is 0 Å². The fraction of sp³-hybridized carbons (Fsp3) is 0.462. The minimum Gasteiger partial charge on any atom is -0.387 e. The molecule has 0 saturated carbocycles. The third kappa shape index (κ3) is 2.45. The highest BCUT2D eigenvalue weighted by Crippen LogP contribution is 2.36. The molecule has 0 bridgehead atoms. The molecule has 0 amide bonds. The van der Waals surface area contributed by atoms with Crippen LogP contribution in [-0.4, -0.2) is 5.11 Å². The molecule has 86 valence electrons. The van der Waals surface area contributed by atoms with Gasteiger partial charge in [-0.05, 0) is 37.5 Å². The lowest BCUT2D eigenvalue weighted by Crippen LogP contribution is -2.23. The van der Waals surface area contributed by atoms with Crippen molar-refractivity contribution in [1.29, 1.82) is 5.26 Å².